The second-order valence-electron chi connectivity index (χ2n) is 7.63. The summed E-state index contributed by atoms with van der Waals surface area (Å²) in [5.74, 6) is -6.89. The summed E-state index contributed by atoms with van der Waals surface area (Å²) in [5.41, 5.74) is 2.57. The summed E-state index contributed by atoms with van der Waals surface area (Å²) >= 11 is 0. The van der Waals surface area contributed by atoms with Crippen LogP contribution in [0.3, 0.4) is 0 Å². The number of carbonyl (C=O) groups excluding carboxylic acids is 1. The lowest BCUT2D eigenvalue weighted by atomic mass is 9.93. The number of hydrogen-bond acceptors (Lipinski definition) is 5. The van der Waals surface area contributed by atoms with Gasteiger partial charge in [-0.25, -0.2) is 14.5 Å². The number of amides is 1. The van der Waals surface area contributed by atoms with Crippen LogP contribution in [0.5, 0.6) is 0 Å². The summed E-state index contributed by atoms with van der Waals surface area (Å²) in [6, 6.07) is 2.29. The van der Waals surface area contributed by atoms with Crippen LogP contribution in [0.4, 0.5) is 32.2 Å². The van der Waals surface area contributed by atoms with Gasteiger partial charge in [-0.3, -0.25) is 9.48 Å². The molecule has 8 nitrogen and oxygen atoms in total. The number of nitrogens with zero attached hydrogens (tertiary/aromatic N) is 5. The molecule has 2 N–H and O–H groups in total. The van der Waals surface area contributed by atoms with E-state index in [1.165, 1.54) is 29.2 Å². The molecule has 0 bridgehead atoms. The minimum absolute atomic E-state index is 0.226. The summed E-state index contributed by atoms with van der Waals surface area (Å²) in [5, 5.41) is 14.1. The van der Waals surface area contributed by atoms with Gasteiger partial charge in [-0.1, -0.05) is 12.1 Å². The molecular formula is C20H17F6N7O. The standard InChI is InChI=1S/C20H17F6N7O/c1-32-10-11(9-28-32)8-27-30-18(34)15-7-17-29-14(12-2-4-13(21)5-3-12)6-16(33(17)31-15)19(22,23)20(24,25)26/h2-5,7-10,14,16,29H,6H2,1H3,(H,30,34)/b27-8-/t14-,16-/m0/s1. The summed E-state index contributed by atoms with van der Waals surface area (Å²) < 4.78 is 83.8. The van der Waals surface area contributed by atoms with Crippen LogP contribution in [0.25, 0.3) is 0 Å². The molecule has 1 aliphatic heterocycles. The number of hydrazone groups is 1. The molecular weight excluding hydrogens is 468 g/mol. The summed E-state index contributed by atoms with van der Waals surface area (Å²) in [6.07, 6.45) is -2.23. The van der Waals surface area contributed by atoms with E-state index in [-0.39, 0.29) is 5.82 Å². The highest BCUT2D eigenvalue weighted by molar-refractivity contribution is 5.93. The van der Waals surface area contributed by atoms with Crippen molar-refractivity contribution in [1.29, 1.82) is 0 Å². The smallest absolute Gasteiger partial charge is 0.363 e. The Balaban J connectivity index is 1.63. The molecule has 1 aromatic carbocycles. The molecule has 0 saturated heterocycles. The van der Waals surface area contributed by atoms with E-state index in [4.69, 9.17) is 0 Å². The van der Waals surface area contributed by atoms with E-state index in [0.29, 0.717) is 15.8 Å². The zero-order valence-corrected chi connectivity index (χ0v) is 17.4. The molecule has 3 heterocycles. The van der Waals surface area contributed by atoms with Crippen molar-refractivity contribution in [3.05, 3.63) is 65.4 Å². The van der Waals surface area contributed by atoms with Gasteiger partial charge in [0.15, 0.2) is 5.69 Å². The van der Waals surface area contributed by atoms with Crippen LogP contribution in [-0.4, -0.2) is 43.8 Å². The lowest BCUT2D eigenvalue weighted by Gasteiger charge is -2.37. The van der Waals surface area contributed by atoms with E-state index in [2.05, 4.69) is 26.0 Å². The number of halogens is 6. The minimum Gasteiger partial charge on any atom is -0.363 e. The number of aromatic nitrogens is 4. The third-order valence-electron chi connectivity index (χ3n) is 5.22. The molecule has 2 atom stereocenters. The normalized spacial score (nSPS) is 18.6. The highest BCUT2D eigenvalue weighted by Crippen LogP contribution is 2.50. The molecule has 0 unspecified atom stereocenters. The van der Waals surface area contributed by atoms with Crippen molar-refractivity contribution in [2.75, 3.05) is 5.32 Å². The van der Waals surface area contributed by atoms with Crippen LogP contribution in [0.15, 0.2) is 47.8 Å². The van der Waals surface area contributed by atoms with E-state index in [0.717, 1.165) is 18.2 Å². The third-order valence-corrected chi connectivity index (χ3v) is 5.22. The van der Waals surface area contributed by atoms with Crippen LogP contribution in [0, 0.1) is 5.82 Å². The van der Waals surface area contributed by atoms with Crippen LogP contribution >= 0.6 is 0 Å². The van der Waals surface area contributed by atoms with Crippen LogP contribution < -0.4 is 10.7 Å². The molecule has 4 rings (SSSR count). The van der Waals surface area contributed by atoms with Gasteiger partial charge in [0.1, 0.15) is 17.7 Å². The van der Waals surface area contributed by atoms with Crippen LogP contribution in [0.2, 0.25) is 0 Å². The fourth-order valence-electron chi connectivity index (χ4n) is 3.55. The number of carbonyl (C=O) groups is 1. The van der Waals surface area contributed by atoms with Gasteiger partial charge in [-0.2, -0.15) is 37.3 Å². The molecule has 0 saturated carbocycles. The number of benzene rings is 1. The summed E-state index contributed by atoms with van der Waals surface area (Å²) in [7, 11) is 1.67. The van der Waals surface area contributed by atoms with E-state index in [9.17, 15) is 31.1 Å². The number of aryl methyl sites for hydroxylation is 1. The highest BCUT2D eigenvalue weighted by atomic mass is 19.4. The zero-order valence-electron chi connectivity index (χ0n) is 17.4. The largest absolute Gasteiger partial charge is 0.455 e. The molecule has 14 heteroatoms. The molecule has 180 valence electrons. The van der Waals surface area contributed by atoms with E-state index in [1.807, 2.05) is 0 Å². The Bertz CT molecular complexity index is 1210. The first-order valence-corrected chi connectivity index (χ1v) is 9.84. The zero-order chi connectivity index (χ0) is 24.7. The first-order valence-electron chi connectivity index (χ1n) is 9.84. The quantitative estimate of drug-likeness (QED) is 0.327. The van der Waals surface area contributed by atoms with Gasteiger partial charge in [-0.05, 0) is 17.7 Å². The molecule has 34 heavy (non-hydrogen) atoms. The van der Waals surface area contributed by atoms with Gasteiger partial charge >= 0.3 is 12.1 Å². The third kappa shape index (κ3) is 4.47. The Labute approximate surface area is 188 Å². The average molecular weight is 485 g/mol. The average Bonchev–Trinajstić information content (AvgIpc) is 3.38. The van der Waals surface area contributed by atoms with Gasteiger partial charge < -0.3 is 5.32 Å². The number of fused-ring (bicyclic) bond motifs is 1. The lowest BCUT2D eigenvalue weighted by molar-refractivity contribution is -0.301. The van der Waals surface area contributed by atoms with Gasteiger partial charge in [-0.15, -0.1) is 0 Å². The predicted octanol–water partition coefficient (Wildman–Crippen LogP) is 3.82. The molecule has 2 aromatic heterocycles. The van der Waals surface area contributed by atoms with Crippen LogP contribution in [0.1, 0.15) is 40.1 Å². The van der Waals surface area contributed by atoms with Gasteiger partial charge in [0.05, 0.1) is 18.5 Å². The van der Waals surface area contributed by atoms with Gasteiger partial charge in [0, 0.05) is 31.3 Å². The summed E-state index contributed by atoms with van der Waals surface area (Å²) in [4.78, 5) is 12.4. The lowest BCUT2D eigenvalue weighted by Crippen LogP contribution is -2.47. The van der Waals surface area contributed by atoms with Crippen LogP contribution in [-0.2, 0) is 7.05 Å². The van der Waals surface area contributed by atoms with Crippen molar-refractivity contribution in [2.24, 2.45) is 12.1 Å². The molecule has 0 fully saturated rings. The Hall–Kier alpha value is -3.84. The van der Waals surface area contributed by atoms with Crippen molar-refractivity contribution >= 4 is 17.9 Å². The Kier molecular flexibility index (Phi) is 5.83. The van der Waals surface area contributed by atoms with E-state index in [1.54, 1.807) is 13.2 Å². The van der Waals surface area contributed by atoms with E-state index < -0.39 is 48.0 Å². The number of rotatable bonds is 5. The maximum Gasteiger partial charge on any atom is 0.455 e. The number of alkyl halides is 5. The second kappa shape index (κ2) is 8.50. The maximum absolute atomic E-state index is 14.4. The Morgan fingerprint density at radius 1 is 1.24 bits per heavy atom. The molecule has 0 aliphatic carbocycles. The molecule has 3 aromatic rings. The SMILES string of the molecule is Cn1cc(/C=N\NC(=O)c2cc3n(n2)[C@H](C(F)(F)C(F)(F)F)C[C@@H](c2ccc(F)cc2)N3)cn1. The maximum atomic E-state index is 14.4. The van der Waals surface area contributed by atoms with Gasteiger partial charge in [0.25, 0.3) is 5.91 Å². The first-order chi connectivity index (χ1) is 16.0. The topological polar surface area (TPSA) is 89.1 Å². The van der Waals surface area contributed by atoms with Crippen molar-refractivity contribution in [2.45, 2.75) is 30.6 Å². The fourth-order valence-corrected chi connectivity index (χ4v) is 3.55. The number of hydrogen-bond donors (Lipinski definition) is 2. The Morgan fingerprint density at radius 3 is 2.56 bits per heavy atom. The molecule has 0 spiro atoms. The monoisotopic (exact) mass is 485 g/mol. The second-order valence-corrected chi connectivity index (χ2v) is 7.63. The molecule has 1 aliphatic rings. The predicted molar refractivity (Wildman–Crippen MR) is 108 cm³/mol. The number of nitrogens with one attached hydrogen (secondary N) is 2. The minimum atomic E-state index is -5.86. The van der Waals surface area contributed by atoms with Crippen molar-refractivity contribution in [3.63, 3.8) is 0 Å². The highest BCUT2D eigenvalue weighted by Gasteiger charge is 2.64. The fraction of sp³-hybridized carbons (Fsp3) is 0.300. The van der Waals surface area contributed by atoms with Crippen molar-refractivity contribution in [3.8, 4) is 0 Å². The number of anilines is 1. The van der Waals surface area contributed by atoms with Gasteiger partial charge in [0.2, 0.25) is 0 Å². The van der Waals surface area contributed by atoms with Crippen molar-refractivity contribution < 1.29 is 31.1 Å². The van der Waals surface area contributed by atoms with E-state index >= 15 is 0 Å². The summed E-state index contributed by atoms with van der Waals surface area (Å²) in [6.45, 7) is 0. The van der Waals surface area contributed by atoms with Crippen molar-refractivity contribution in [1.82, 2.24) is 25.0 Å². The molecule has 0 radical (unpaired) electrons. The first kappa shape index (κ1) is 23.3. The molecule has 1 amide bonds. The Morgan fingerprint density at radius 2 is 1.94 bits per heavy atom.